The number of nitrogens with zero attached hydrogens (tertiary/aromatic N) is 4. The summed E-state index contributed by atoms with van der Waals surface area (Å²) in [7, 11) is 0. The Morgan fingerprint density at radius 2 is 2.21 bits per heavy atom. The standard InChI is InChI=1S/C19H22N6O3/c20-11-15-4-2-14(12-22-15)19(28)24-16-5-3-13(10-17(16)26)18(27)21-7-9-25-8-1-6-23-25/h1-2,4,6,8,12-13,16-17,26H,3,5,7,9-10H2,(H,21,27)(H,24,28)/t13-,16+,17+/m0/s1. The van der Waals surface area contributed by atoms with Crippen LogP contribution in [0.2, 0.25) is 0 Å². The molecule has 0 radical (unpaired) electrons. The number of aliphatic hydroxyl groups excluding tert-OH is 1. The quantitative estimate of drug-likeness (QED) is 0.655. The van der Waals surface area contributed by atoms with Crippen LogP contribution in [0.25, 0.3) is 0 Å². The number of nitrogens with one attached hydrogen (secondary N) is 2. The van der Waals surface area contributed by atoms with Crippen LogP contribution in [0.15, 0.2) is 36.8 Å². The number of rotatable bonds is 6. The molecule has 0 bridgehead atoms. The van der Waals surface area contributed by atoms with Crippen molar-refractivity contribution in [2.45, 2.75) is 38.0 Å². The Labute approximate surface area is 162 Å². The SMILES string of the molecule is N#Cc1ccc(C(=O)N[C@@H]2CC[C@H](C(=O)NCCn3cccn3)C[C@H]2O)cn1. The molecule has 2 aromatic rings. The smallest absolute Gasteiger partial charge is 0.253 e. The van der Waals surface area contributed by atoms with E-state index in [1.165, 1.54) is 18.3 Å². The number of carbonyl (C=O) groups is 2. The zero-order valence-corrected chi connectivity index (χ0v) is 15.3. The topological polar surface area (TPSA) is 133 Å². The Hall–Kier alpha value is -3.25. The predicted molar refractivity (Wildman–Crippen MR) is 98.8 cm³/mol. The molecule has 2 heterocycles. The third-order valence-electron chi connectivity index (χ3n) is 4.84. The molecular formula is C19H22N6O3. The van der Waals surface area contributed by atoms with Gasteiger partial charge in [0.15, 0.2) is 0 Å². The average molecular weight is 382 g/mol. The van der Waals surface area contributed by atoms with Crippen LogP contribution in [0.4, 0.5) is 0 Å². The Balaban J connectivity index is 1.45. The number of aliphatic hydroxyl groups is 1. The van der Waals surface area contributed by atoms with Gasteiger partial charge in [0.05, 0.1) is 24.3 Å². The van der Waals surface area contributed by atoms with Crippen LogP contribution >= 0.6 is 0 Å². The van der Waals surface area contributed by atoms with Crippen molar-refractivity contribution in [3.63, 3.8) is 0 Å². The maximum Gasteiger partial charge on any atom is 0.253 e. The molecule has 1 fully saturated rings. The molecule has 28 heavy (non-hydrogen) atoms. The largest absolute Gasteiger partial charge is 0.391 e. The summed E-state index contributed by atoms with van der Waals surface area (Å²) in [5.41, 5.74) is 0.556. The van der Waals surface area contributed by atoms with E-state index in [-0.39, 0.29) is 23.4 Å². The maximum atomic E-state index is 12.3. The number of pyridine rings is 1. The molecule has 146 valence electrons. The minimum Gasteiger partial charge on any atom is -0.391 e. The first-order chi connectivity index (χ1) is 13.6. The zero-order valence-electron chi connectivity index (χ0n) is 15.3. The Kier molecular flexibility index (Phi) is 6.34. The Morgan fingerprint density at radius 3 is 2.86 bits per heavy atom. The number of hydrogen-bond donors (Lipinski definition) is 3. The van der Waals surface area contributed by atoms with E-state index < -0.39 is 12.1 Å². The Morgan fingerprint density at radius 1 is 1.36 bits per heavy atom. The van der Waals surface area contributed by atoms with E-state index in [0.29, 0.717) is 37.9 Å². The molecule has 2 aromatic heterocycles. The molecule has 0 aromatic carbocycles. The van der Waals surface area contributed by atoms with Crippen LogP contribution in [-0.2, 0) is 11.3 Å². The van der Waals surface area contributed by atoms with Gasteiger partial charge >= 0.3 is 0 Å². The molecule has 1 aliphatic rings. The first-order valence-electron chi connectivity index (χ1n) is 9.17. The molecular weight excluding hydrogens is 360 g/mol. The highest BCUT2D eigenvalue weighted by atomic mass is 16.3. The maximum absolute atomic E-state index is 12.3. The van der Waals surface area contributed by atoms with Crippen molar-refractivity contribution < 1.29 is 14.7 Å². The van der Waals surface area contributed by atoms with Gasteiger partial charge < -0.3 is 15.7 Å². The van der Waals surface area contributed by atoms with Crippen molar-refractivity contribution in [1.29, 1.82) is 5.26 Å². The van der Waals surface area contributed by atoms with Gasteiger partial charge in [-0.25, -0.2) is 4.98 Å². The highest BCUT2D eigenvalue weighted by molar-refractivity contribution is 5.94. The van der Waals surface area contributed by atoms with E-state index in [1.54, 1.807) is 10.9 Å². The minimum absolute atomic E-state index is 0.0905. The lowest BCUT2D eigenvalue weighted by atomic mass is 9.83. The fourth-order valence-corrected chi connectivity index (χ4v) is 3.27. The van der Waals surface area contributed by atoms with Gasteiger partial charge in [0.2, 0.25) is 5.91 Å². The monoisotopic (exact) mass is 382 g/mol. The minimum atomic E-state index is -0.800. The fraction of sp³-hybridized carbons (Fsp3) is 0.421. The highest BCUT2D eigenvalue weighted by Crippen LogP contribution is 2.25. The lowest BCUT2D eigenvalue weighted by Crippen LogP contribution is -2.49. The van der Waals surface area contributed by atoms with Gasteiger partial charge in [0.25, 0.3) is 5.91 Å². The van der Waals surface area contributed by atoms with Gasteiger partial charge in [0, 0.05) is 31.1 Å². The van der Waals surface area contributed by atoms with E-state index in [1.807, 2.05) is 18.3 Å². The van der Waals surface area contributed by atoms with Crippen LogP contribution in [0.3, 0.4) is 0 Å². The van der Waals surface area contributed by atoms with Gasteiger partial charge in [-0.05, 0) is 37.5 Å². The fourth-order valence-electron chi connectivity index (χ4n) is 3.27. The summed E-state index contributed by atoms with van der Waals surface area (Å²) >= 11 is 0. The first-order valence-corrected chi connectivity index (χ1v) is 9.17. The van der Waals surface area contributed by atoms with Crippen LogP contribution in [0.1, 0.15) is 35.3 Å². The normalized spacial score (nSPS) is 21.5. The molecule has 0 saturated heterocycles. The molecule has 2 amide bonds. The summed E-state index contributed by atoms with van der Waals surface area (Å²) in [5.74, 6) is -0.729. The number of amides is 2. The average Bonchev–Trinajstić information content (AvgIpc) is 3.23. The molecule has 0 spiro atoms. The molecule has 3 atom stereocenters. The third-order valence-corrected chi connectivity index (χ3v) is 4.84. The van der Waals surface area contributed by atoms with Crippen LogP contribution < -0.4 is 10.6 Å². The van der Waals surface area contributed by atoms with Gasteiger partial charge in [-0.1, -0.05) is 0 Å². The van der Waals surface area contributed by atoms with Crippen molar-refractivity contribution in [2.24, 2.45) is 5.92 Å². The molecule has 3 rings (SSSR count). The molecule has 0 unspecified atom stereocenters. The third kappa shape index (κ3) is 4.92. The predicted octanol–water partition coefficient (Wildman–Crippen LogP) is 0.226. The van der Waals surface area contributed by atoms with E-state index >= 15 is 0 Å². The zero-order chi connectivity index (χ0) is 19.9. The second kappa shape index (κ2) is 9.10. The van der Waals surface area contributed by atoms with Gasteiger partial charge in [-0.2, -0.15) is 10.4 Å². The number of hydrogen-bond acceptors (Lipinski definition) is 6. The molecule has 1 aliphatic carbocycles. The molecule has 3 N–H and O–H groups in total. The van der Waals surface area contributed by atoms with Crippen molar-refractivity contribution in [3.8, 4) is 6.07 Å². The lowest BCUT2D eigenvalue weighted by molar-refractivity contribution is -0.127. The first kappa shape index (κ1) is 19.5. The van der Waals surface area contributed by atoms with Crippen LogP contribution in [0.5, 0.6) is 0 Å². The molecule has 9 heteroatoms. The van der Waals surface area contributed by atoms with Crippen LogP contribution in [0, 0.1) is 17.2 Å². The van der Waals surface area contributed by atoms with Crippen molar-refractivity contribution >= 4 is 11.8 Å². The summed E-state index contributed by atoms with van der Waals surface area (Å²) in [4.78, 5) is 28.5. The van der Waals surface area contributed by atoms with Gasteiger partial charge in [-0.3, -0.25) is 14.3 Å². The molecule has 9 nitrogen and oxygen atoms in total. The highest BCUT2D eigenvalue weighted by Gasteiger charge is 2.33. The van der Waals surface area contributed by atoms with Crippen molar-refractivity contribution in [2.75, 3.05) is 6.54 Å². The summed E-state index contributed by atoms with van der Waals surface area (Å²) in [6, 6.07) is 6.28. The summed E-state index contributed by atoms with van der Waals surface area (Å²) < 4.78 is 1.74. The van der Waals surface area contributed by atoms with E-state index in [0.717, 1.165) is 0 Å². The van der Waals surface area contributed by atoms with Gasteiger partial charge in [0.1, 0.15) is 11.8 Å². The molecule has 0 aliphatic heterocycles. The second-order valence-electron chi connectivity index (χ2n) is 6.76. The van der Waals surface area contributed by atoms with Crippen LogP contribution in [-0.4, -0.2) is 50.4 Å². The number of aromatic nitrogens is 3. The van der Waals surface area contributed by atoms with E-state index in [4.69, 9.17) is 5.26 Å². The van der Waals surface area contributed by atoms with Gasteiger partial charge in [-0.15, -0.1) is 0 Å². The Bertz CT molecular complexity index is 844. The lowest BCUT2D eigenvalue weighted by Gasteiger charge is -2.33. The summed E-state index contributed by atoms with van der Waals surface area (Å²) in [6.07, 6.45) is 5.43. The van der Waals surface area contributed by atoms with Crippen molar-refractivity contribution in [3.05, 3.63) is 48.0 Å². The van der Waals surface area contributed by atoms with E-state index in [2.05, 4.69) is 20.7 Å². The number of nitriles is 1. The molecule has 1 saturated carbocycles. The second-order valence-corrected chi connectivity index (χ2v) is 6.76. The summed E-state index contributed by atoms with van der Waals surface area (Å²) in [5, 5.41) is 28.9. The number of carbonyl (C=O) groups excluding carboxylic acids is 2. The van der Waals surface area contributed by atoms with Crippen molar-refractivity contribution in [1.82, 2.24) is 25.4 Å². The van der Waals surface area contributed by atoms with E-state index in [9.17, 15) is 14.7 Å². The summed E-state index contributed by atoms with van der Waals surface area (Å²) in [6.45, 7) is 1.06.